The first kappa shape index (κ1) is 24.3. The van der Waals surface area contributed by atoms with Gasteiger partial charge in [0.2, 0.25) is 0 Å². The summed E-state index contributed by atoms with van der Waals surface area (Å²) in [6, 6.07) is 11.4. The largest absolute Gasteiger partial charge is 0.508 e. The standard InChI is InChI=1S/C23H32O2.CH2O3/c1-21(2,3)19-13-15(24)9-11-17(19)23(7,8)18-12-10-16(25)14-20(18)22(4,5)6;2-1(3)4/h9-14,24-25H,1-8H3;(H2,2,3,4). The van der Waals surface area contributed by atoms with Crippen molar-refractivity contribution < 1.29 is 25.2 Å². The fraction of sp³-hybridized carbons (Fsp3) is 0.458. The van der Waals surface area contributed by atoms with Gasteiger partial charge in [0.15, 0.2) is 0 Å². The molecule has 4 N–H and O–H groups in total. The maximum Gasteiger partial charge on any atom is 0.503 e. The Kier molecular flexibility index (Phi) is 7.02. The molecule has 0 heterocycles. The zero-order valence-corrected chi connectivity index (χ0v) is 18.7. The molecule has 0 fully saturated rings. The smallest absolute Gasteiger partial charge is 0.503 e. The van der Waals surface area contributed by atoms with Crippen molar-refractivity contribution in [3.63, 3.8) is 0 Å². The molecule has 0 aliphatic rings. The summed E-state index contributed by atoms with van der Waals surface area (Å²) in [5, 5.41) is 34.0. The lowest BCUT2D eigenvalue weighted by molar-refractivity contribution is 0.137. The molecule has 0 aliphatic heterocycles. The van der Waals surface area contributed by atoms with Gasteiger partial charge in [-0.15, -0.1) is 0 Å². The summed E-state index contributed by atoms with van der Waals surface area (Å²) in [6.45, 7) is 17.5. The van der Waals surface area contributed by atoms with E-state index >= 15 is 0 Å². The van der Waals surface area contributed by atoms with Gasteiger partial charge in [-0.05, 0) is 57.3 Å². The van der Waals surface area contributed by atoms with Crippen molar-refractivity contribution in [1.82, 2.24) is 0 Å². The summed E-state index contributed by atoms with van der Waals surface area (Å²) in [4.78, 5) is 8.56. The van der Waals surface area contributed by atoms with Crippen LogP contribution in [-0.2, 0) is 16.2 Å². The Labute approximate surface area is 173 Å². The monoisotopic (exact) mass is 402 g/mol. The predicted molar refractivity (Wildman–Crippen MR) is 116 cm³/mol. The summed E-state index contributed by atoms with van der Waals surface area (Å²) in [6.07, 6.45) is -1.83. The van der Waals surface area contributed by atoms with E-state index in [1.165, 1.54) is 11.1 Å². The lowest BCUT2D eigenvalue weighted by atomic mass is 9.67. The average molecular weight is 403 g/mol. The van der Waals surface area contributed by atoms with Crippen molar-refractivity contribution >= 4 is 6.16 Å². The summed E-state index contributed by atoms with van der Waals surface area (Å²) in [5.74, 6) is 0.595. The second-order valence-corrected chi connectivity index (χ2v) is 9.87. The predicted octanol–water partition coefficient (Wildman–Crippen LogP) is 6.24. The Bertz CT molecular complexity index is 798. The Hall–Kier alpha value is -2.69. The molecule has 0 saturated heterocycles. The van der Waals surface area contributed by atoms with Gasteiger partial charge in [0.05, 0.1) is 0 Å². The first-order chi connectivity index (χ1) is 13.0. The second-order valence-electron chi connectivity index (χ2n) is 9.87. The first-order valence-corrected chi connectivity index (χ1v) is 9.57. The number of hydrogen-bond donors (Lipinski definition) is 4. The van der Waals surface area contributed by atoms with E-state index in [2.05, 4.69) is 55.4 Å². The molecule has 0 atom stereocenters. The Morgan fingerprint density at radius 2 is 0.897 bits per heavy atom. The van der Waals surface area contributed by atoms with E-state index < -0.39 is 6.16 Å². The van der Waals surface area contributed by atoms with Gasteiger partial charge >= 0.3 is 6.16 Å². The maximum absolute atomic E-state index is 10.0. The topological polar surface area (TPSA) is 98.0 Å². The summed E-state index contributed by atoms with van der Waals surface area (Å²) < 4.78 is 0. The van der Waals surface area contributed by atoms with Crippen LogP contribution >= 0.6 is 0 Å². The van der Waals surface area contributed by atoms with E-state index in [1.807, 2.05) is 24.3 Å². The van der Waals surface area contributed by atoms with Crippen molar-refractivity contribution in [2.24, 2.45) is 0 Å². The van der Waals surface area contributed by atoms with Crippen molar-refractivity contribution in [2.45, 2.75) is 71.6 Å². The molecule has 0 radical (unpaired) electrons. The van der Waals surface area contributed by atoms with Crippen LogP contribution in [0.2, 0.25) is 0 Å². The SMILES string of the molecule is CC(C)(C)c1cc(O)ccc1C(C)(C)c1ccc(O)cc1C(C)(C)C.O=C(O)O. The molecule has 160 valence electrons. The van der Waals surface area contributed by atoms with E-state index in [0.717, 1.165) is 11.1 Å². The van der Waals surface area contributed by atoms with Crippen LogP contribution in [0, 0.1) is 0 Å². The van der Waals surface area contributed by atoms with Gasteiger partial charge in [-0.3, -0.25) is 0 Å². The van der Waals surface area contributed by atoms with E-state index in [9.17, 15) is 10.2 Å². The van der Waals surface area contributed by atoms with Crippen molar-refractivity contribution in [2.75, 3.05) is 0 Å². The summed E-state index contributed by atoms with van der Waals surface area (Å²) in [7, 11) is 0. The number of aromatic hydroxyl groups is 2. The molecule has 0 saturated carbocycles. The zero-order chi connectivity index (χ0) is 22.8. The molecule has 0 spiro atoms. The molecule has 0 amide bonds. The van der Waals surface area contributed by atoms with E-state index in [-0.39, 0.29) is 16.2 Å². The molecule has 5 heteroatoms. The minimum atomic E-state index is -1.83. The molecule has 0 bridgehead atoms. The van der Waals surface area contributed by atoms with Gasteiger partial charge in [-0.25, -0.2) is 4.79 Å². The lowest BCUT2D eigenvalue weighted by Gasteiger charge is -2.37. The van der Waals surface area contributed by atoms with Crippen LogP contribution in [-0.4, -0.2) is 26.6 Å². The van der Waals surface area contributed by atoms with Crippen LogP contribution < -0.4 is 0 Å². The Morgan fingerprint density at radius 3 is 1.14 bits per heavy atom. The molecule has 0 aromatic heterocycles. The average Bonchev–Trinajstić information content (AvgIpc) is 2.52. The second kappa shape index (κ2) is 8.36. The molecule has 2 rings (SSSR count). The minimum absolute atomic E-state index is 0.0792. The number of hydrogen-bond acceptors (Lipinski definition) is 3. The van der Waals surface area contributed by atoms with Crippen LogP contribution in [0.3, 0.4) is 0 Å². The molecule has 5 nitrogen and oxygen atoms in total. The van der Waals surface area contributed by atoms with Gasteiger partial charge < -0.3 is 20.4 Å². The zero-order valence-electron chi connectivity index (χ0n) is 18.7. The Morgan fingerprint density at radius 1 is 0.621 bits per heavy atom. The number of rotatable bonds is 2. The normalized spacial score (nSPS) is 12.1. The molecule has 0 aliphatic carbocycles. The fourth-order valence-electron chi connectivity index (χ4n) is 3.54. The molecular weight excluding hydrogens is 368 g/mol. The van der Waals surface area contributed by atoms with Crippen molar-refractivity contribution in [3.05, 3.63) is 58.7 Å². The van der Waals surface area contributed by atoms with Gasteiger partial charge in [-0.1, -0.05) is 67.5 Å². The third-order valence-electron chi connectivity index (χ3n) is 4.97. The summed E-state index contributed by atoms with van der Waals surface area (Å²) >= 11 is 0. The van der Waals surface area contributed by atoms with E-state index in [1.54, 1.807) is 12.1 Å². The van der Waals surface area contributed by atoms with Crippen molar-refractivity contribution in [3.8, 4) is 11.5 Å². The molecular formula is C24H34O5. The quantitative estimate of drug-likeness (QED) is 0.476. The fourth-order valence-corrected chi connectivity index (χ4v) is 3.54. The van der Waals surface area contributed by atoms with Crippen molar-refractivity contribution in [1.29, 1.82) is 0 Å². The highest BCUT2D eigenvalue weighted by Crippen LogP contribution is 2.43. The molecule has 0 unspecified atom stereocenters. The van der Waals surface area contributed by atoms with Gasteiger partial charge in [-0.2, -0.15) is 0 Å². The maximum atomic E-state index is 10.0. The lowest BCUT2D eigenvalue weighted by Crippen LogP contribution is -2.29. The van der Waals surface area contributed by atoms with Gasteiger partial charge in [0.1, 0.15) is 11.5 Å². The third-order valence-corrected chi connectivity index (χ3v) is 4.97. The van der Waals surface area contributed by atoms with Crippen LogP contribution in [0.15, 0.2) is 36.4 Å². The number of carbonyl (C=O) groups is 1. The van der Waals surface area contributed by atoms with E-state index in [4.69, 9.17) is 15.0 Å². The molecule has 2 aromatic carbocycles. The number of carboxylic acid groups (broad SMARTS) is 2. The van der Waals surface area contributed by atoms with Gasteiger partial charge in [0.25, 0.3) is 0 Å². The highest BCUT2D eigenvalue weighted by Gasteiger charge is 2.34. The van der Waals surface area contributed by atoms with E-state index in [0.29, 0.717) is 11.5 Å². The molecule has 2 aromatic rings. The van der Waals surface area contributed by atoms with Crippen LogP contribution in [0.4, 0.5) is 4.79 Å². The Balaban J connectivity index is 0.000000960. The minimum Gasteiger partial charge on any atom is -0.508 e. The third kappa shape index (κ3) is 6.14. The highest BCUT2D eigenvalue weighted by molar-refractivity contribution is 5.53. The summed E-state index contributed by atoms with van der Waals surface area (Å²) in [5.41, 5.74) is 4.28. The first-order valence-electron chi connectivity index (χ1n) is 9.57. The van der Waals surface area contributed by atoms with Crippen LogP contribution in [0.5, 0.6) is 11.5 Å². The highest BCUT2D eigenvalue weighted by atomic mass is 16.6. The number of benzene rings is 2. The molecule has 29 heavy (non-hydrogen) atoms. The van der Waals surface area contributed by atoms with Gasteiger partial charge in [0, 0.05) is 5.41 Å². The van der Waals surface area contributed by atoms with Crippen LogP contribution in [0.25, 0.3) is 0 Å². The number of phenolic OH excluding ortho intramolecular Hbond substituents is 2. The number of phenols is 2. The van der Waals surface area contributed by atoms with Crippen LogP contribution in [0.1, 0.15) is 77.6 Å².